The zero-order valence-electron chi connectivity index (χ0n) is 12.5. The fourth-order valence-electron chi connectivity index (χ4n) is 5.69. The Morgan fingerprint density at radius 2 is 1.89 bits per heavy atom. The Balaban J connectivity index is 1.88. The molecule has 0 amide bonds. The molecule has 0 radical (unpaired) electrons. The fourth-order valence-corrected chi connectivity index (χ4v) is 5.69. The average Bonchev–Trinajstić information content (AvgIpc) is 2.65. The second kappa shape index (κ2) is 3.84. The van der Waals surface area contributed by atoms with Gasteiger partial charge in [0.25, 0.3) is 0 Å². The molecule has 0 aromatic carbocycles. The van der Waals surface area contributed by atoms with Crippen molar-refractivity contribution in [2.45, 2.75) is 66.2 Å². The number of carbonyl (C=O) groups is 1. The quantitative estimate of drug-likeness (QED) is 0.670. The van der Waals surface area contributed by atoms with Crippen LogP contribution in [0.25, 0.3) is 0 Å². The predicted molar refractivity (Wildman–Crippen MR) is 74.2 cm³/mol. The van der Waals surface area contributed by atoms with Crippen LogP contribution in [-0.4, -0.2) is 5.78 Å². The van der Waals surface area contributed by atoms with E-state index < -0.39 is 0 Å². The standard InChI is InChI=1S/C17H28O/c1-11-13(6-5-7-15(11)18)14-10-12-8-9-17(14,4)16(12,2)3/h11-14H,5-10H2,1-4H3/t11?,12-,13?,14+,17+/m0/s1. The highest BCUT2D eigenvalue weighted by molar-refractivity contribution is 5.81. The van der Waals surface area contributed by atoms with Crippen molar-refractivity contribution in [3.8, 4) is 0 Å². The van der Waals surface area contributed by atoms with Crippen LogP contribution in [0.5, 0.6) is 0 Å². The molecule has 0 saturated heterocycles. The third-order valence-electron chi connectivity index (χ3n) is 7.49. The summed E-state index contributed by atoms with van der Waals surface area (Å²) in [5.41, 5.74) is 0.992. The van der Waals surface area contributed by atoms with Crippen molar-refractivity contribution >= 4 is 5.78 Å². The molecule has 2 bridgehead atoms. The van der Waals surface area contributed by atoms with Gasteiger partial charge in [-0.05, 0) is 60.7 Å². The summed E-state index contributed by atoms with van der Waals surface area (Å²) in [6.07, 6.45) is 7.50. The van der Waals surface area contributed by atoms with Crippen molar-refractivity contribution in [3.63, 3.8) is 0 Å². The van der Waals surface area contributed by atoms with Crippen molar-refractivity contribution in [3.05, 3.63) is 0 Å². The second-order valence-corrected chi connectivity index (χ2v) is 8.03. The Morgan fingerprint density at radius 1 is 1.17 bits per heavy atom. The van der Waals surface area contributed by atoms with Crippen molar-refractivity contribution < 1.29 is 4.79 Å². The Labute approximate surface area is 112 Å². The minimum atomic E-state index is 0.329. The maximum atomic E-state index is 12.0. The van der Waals surface area contributed by atoms with E-state index in [2.05, 4.69) is 27.7 Å². The molecule has 1 nitrogen and oxygen atoms in total. The van der Waals surface area contributed by atoms with Crippen LogP contribution in [0.4, 0.5) is 0 Å². The molecular weight excluding hydrogens is 220 g/mol. The van der Waals surface area contributed by atoms with E-state index in [4.69, 9.17) is 0 Å². The van der Waals surface area contributed by atoms with E-state index in [-0.39, 0.29) is 0 Å². The highest BCUT2D eigenvalue weighted by Crippen LogP contribution is 2.70. The normalized spacial score (nSPS) is 50.8. The van der Waals surface area contributed by atoms with Gasteiger partial charge in [0, 0.05) is 12.3 Å². The van der Waals surface area contributed by atoms with Crippen molar-refractivity contribution in [2.24, 2.45) is 34.5 Å². The van der Waals surface area contributed by atoms with Crippen LogP contribution < -0.4 is 0 Å². The summed E-state index contributed by atoms with van der Waals surface area (Å²) in [4.78, 5) is 12.0. The first-order chi connectivity index (χ1) is 8.38. The Kier molecular flexibility index (Phi) is 2.70. The van der Waals surface area contributed by atoms with Crippen molar-refractivity contribution in [1.29, 1.82) is 0 Å². The number of hydrogen-bond donors (Lipinski definition) is 0. The molecule has 0 N–H and O–H groups in total. The van der Waals surface area contributed by atoms with Gasteiger partial charge in [-0.25, -0.2) is 0 Å². The van der Waals surface area contributed by atoms with E-state index in [9.17, 15) is 4.79 Å². The van der Waals surface area contributed by atoms with E-state index in [0.717, 1.165) is 24.7 Å². The largest absolute Gasteiger partial charge is 0.299 e. The van der Waals surface area contributed by atoms with Gasteiger partial charge in [-0.15, -0.1) is 0 Å². The van der Waals surface area contributed by atoms with E-state index >= 15 is 0 Å². The molecule has 3 saturated carbocycles. The number of hydrogen-bond acceptors (Lipinski definition) is 1. The zero-order valence-corrected chi connectivity index (χ0v) is 12.5. The zero-order chi connectivity index (χ0) is 13.1. The Bertz CT molecular complexity index is 370. The van der Waals surface area contributed by atoms with Gasteiger partial charge in [0.1, 0.15) is 5.78 Å². The fraction of sp³-hybridized carbons (Fsp3) is 0.941. The topological polar surface area (TPSA) is 17.1 Å². The Hall–Kier alpha value is -0.330. The van der Waals surface area contributed by atoms with Gasteiger partial charge in [-0.3, -0.25) is 4.79 Å². The lowest BCUT2D eigenvalue weighted by Crippen LogP contribution is -2.41. The number of fused-ring (bicyclic) bond motifs is 2. The highest BCUT2D eigenvalue weighted by Gasteiger charge is 2.63. The number of rotatable bonds is 1. The van der Waals surface area contributed by atoms with Crippen LogP contribution in [0.3, 0.4) is 0 Å². The molecule has 0 spiro atoms. The van der Waals surface area contributed by atoms with Gasteiger partial charge in [0.2, 0.25) is 0 Å². The summed E-state index contributed by atoms with van der Waals surface area (Å²) in [5, 5.41) is 0. The molecule has 5 atom stereocenters. The molecule has 0 aromatic heterocycles. The highest BCUT2D eigenvalue weighted by atomic mass is 16.1. The van der Waals surface area contributed by atoms with Gasteiger partial charge in [0.05, 0.1) is 0 Å². The van der Waals surface area contributed by atoms with E-state index in [1.165, 1.54) is 25.7 Å². The lowest BCUT2D eigenvalue weighted by molar-refractivity contribution is -0.128. The number of carbonyl (C=O) groups excluding carboxylic acids is 1. The first kappa shape index (κ1) is 12.7. The maximum absolute atomic E-state index is 12.0. The van der Waals surface area contributed by atoms with Gasteiger partial charge >= 0.3 is 0 Å². The first-order valence-corrected chi connectivity index (χ1v) is 7.90. The monoisotopic (exact) mass is 248 g/mol. The molecule has 0 heterocycles. The lowest BCUT2D eigenvalue weighted by Gasteiger charge is -2.45. The van der Waals surface area contributed by atoms with E-state index in [1.54, 1.807) is 0 Å². The minimum absolute atomic E-state index is 0.329. The number of ketones is 1. The summed E-state index contributed by atoms with van der Waals surface area (Å²) < 4.78 is 0. The second-order valence-electron chi connectivity index (χ2n) is 8.03. The molecule has 102 valence electrons. The van der Waals surface area contributed by atoms with E-state index in [0.29, 0.717) is 28.4 Å². The summed E-state index contributed by atoms with van der Waals surface area (Å²) in [6.45, 7) is 9.70. The summed E-state index contributed by atoms with van der Waals surface area (Å²) in [6, 6.07) is 0. The molecule has 3 fully saturated rings. The lowest BCUT2D eigenvalue weighted by atomic mass is 9.59. The van der Waals surface area contributed by atoms with Gasteiger partial charge in [0.15, 0.2) is 0 Å². The summed E-state index contributed by atoms with van der Waals surface area (Å²) >= 11 is 0. The van der Waals surface area contributed by atoms with Crippen LogP contribution in [-0.2, 0) is 4.79 Å². The third-order valence-corrected chi connectivity index (χ3v) is 7.49. The summed E-state index contributed by atoms with van der Waals surface area (Å²) in [5.74, 6) is 3.27. The van der Waals surface area contributed by atoms with Crippen LogP contribution in [0.15, 0.2) is 0 Å². The molecular formula is C17H28O. The van der Waals surface area contributed by atoms with Crippen LogP contribution in [0.2, 0.25) is 0 Å². The molecule has 0 aromatic rings. The molecule has 3 aliphatic rings. The maximum Gasteiger partial charge on any atom is 0.135 e. The molecule has 2 unspecified atom stereocenters. The molecule has 3 aliphatic carbocycles. The van der Waals surface area contributed by atoms with Gasteiger partial charge in [-0.2, -0.15) is 0 Å². The van der Waals surface area contributed by atoms with E-state index in [1.807, 2.05) is 0 Å². The van der Waals surface area contributed by atoms with Crippen molar-refractivity contribution in [1.82, 2.24) is 0 Å². The molecule has 1 heteroatoms. The molecule has 18 heavy (non-hydrogen) atoms. The predicted octanol–water partition coefficient (Wildman–Crippen LogP) is 4.45. The van der Waals surface area contributed by atoms with Crippen LogP contribution >= 0.6 is 0 Å². The van der Waals surface area contributed by atoms with Crippen molar-refractivity contribution in [2.75, 3.05) is 0 Å². The Morgan fingerprint density at radius 3 is 2.44 bits per heavy atom. The smallest absolute Gasteiger partial charge is 0.135 e. The van der Waals surface area contributed by atoms with Gasteiger partial charge in [-0.1, -0.05) is 27.7 Å². The van der Waals surface area contributed by atoms with Crippen LogP contribution in [0, 0.1) is 34.5 Å². The minimum Gasteiger partial charge on any atom is -0.299 e. The van der Waals surface area contributed by atoms with Crippen LogP contribution in [0.1, 0.15) is 66.2 Å². The average molecular weight is 248 g/mol. The molecule has 0 aliphatic heterocycles. The van der Waals surface area contributed by atoms with Gasteiger partial charge < -0.3 is 0 Å². The summed E-state index contributed by atoms with van der Waals surface area (Å²) in [7, 11) is 0. The third kappa shape index (κ3) is 1.42. The number of Topliss-reactive ketones (excluding diaryl/α,β-unsaturated/α-hetero) is 1. The first-order valence-electron chi connectivity index (χ1n) is 7.90. The SMILES string of the molecule is CC1C(=O)CCCC1[C@H]1C[C@@H]2CC[C@@]1(C)C2(C)C. The molecule has 3 rings (SSSR count).